The van der Waals surface area contributed by atoms with Crippen LogP contribution in [-0.4, -0.2) is 20.3 Å². The normalized spacial score (nSPS) is 11.3. The summed E-state index contributed by atoms with van der Waals surface area (Å²) in [6.07, 6.45) is 1.31. The van der Waals surface area contributed by atoms with Gasteiger partial charge in [-0.25, -0.2) is 4.39 Å². The highest BCUT2D eigenvalue weighted by atomic mass is 19.1. The Morgan fingerprint density at radius 1 is 1.47 bits per heavy atom. The van der Waals surface area contributed by atoms with Gasteiger partial charge in [0.2, 0.25) is 0 Å². The molecule has 4 heteroatoms. The highest BCUT2D eigenvalue weighted by Gasteiger charge is 1.95. The molecule has 0 fully saturated rings. The molecule has 2 N–H and O–H groups in total. The molecule has 82 valence electrons. The molecule has 0 atom stereocenters. The standard InChI is InChI=1S/C11H14FNO2/c1-14-10-3-2-4-11(7-10)15-6-5-9(12)8-13/h2-5,7H,6,8,13H2,1H3. The third kappa shape index (κ3) is 3.99. The first kappa shape index (κ1) is 11.5. The van der Waals surface area contributed by atoms with Crippen molar-refractivity contribution >= 4 is 0 Å². The van der Waals surface area contributed by atoms with E-state index < -0.39 is 0 Å². The Kier molecular flexibility index (Phi) is 4.63. The van der Waals surface area contributed by atoms with Gasteiger partial charge < -0.3 is 15.2 Å². The zero-order valence-electron chi connectivity index (χ0n) is 8.57. The Hall–Kier alpha value is -1.55. The summed E-state index contributed by atoms with van der Waals surface area (Å²) in [5.41, 5.74) is 5.08. The van der Waals surface area contributed by atoms with Crippen LogP contribution in [0.25, 0.3) is 0 Å². The van der Waals surface area contributed by atoms with E-state index >= 15 is 0 Å². The summed E-state index contributed by atoms with van der Waals surface area (Å²) < 4.78 is 22.9. The van der Waals surface area contributed by atoms with Crippen molar-refractivity contribution in [3.63, 3.8) is 0 Å². The van der Waals surface area contributed by atoms with Crippen molar-refractivity contribution in [2.24, 2.45) is 5.73 Å². The average molecular weight is 211 g/mol. The maximum Gasteiger partial charge on any atom is 0.123 e. The molecule has 15 heavy (non-hydrogen) atoms. The van der Waals surface area contributed by atoms with E-state index in [1.807, 2.05) is 6.07 Å². The number of hydrogen-bond donors (Lipinski definition) is 1. The van der Waals surface area contributed by atoms with Crippen LogP contribution in [0.2, 0.25) is 0 Å². The van der Waals surface area contributed by atoms with Gasteiger partial charge in [0.25, 0.3) is 0 Å². The minimum absolute atomic E-state index is 0.0958. The Balaban J connectivity index is 2.50. The molecule has 0 saturated carbocycles. The second-order valence-corrected chi connectivity index (χ2v) is 2.85. The van der Waals surface area contributed by atoms with Crippen molar-refractivity contribution in [2.75, 3.05) is 20.3 Å². The fourth-order valence-corrected chi connectivity index (χ4v) is 1.00. The number of nitrogens with two attached hydrogens (primary N) is 1. The van der Waals surface area contributed by atoms with E-state index in [1.165, 1.54) is 6.08 Å². The van der Waals surface area contributed by atoms with E-state index in [1.54, 1.807) is 25.3 Å². The molecular weight excluding hydrogens is 197 g/mol. The van der Waals surface area contributed by atoms with Gasteiger partial charge in [0.15, 0.2) is 0 Å². The fourth-order valence-electron chi connectivity index (χ4n) is 1.00. The molecule has 1 rings (SSSR count). The first-order valence-corrected chi connectivity index (χ1v) is 4.57. The van der Waals surface area contributed by atoms with Crippen LogP contribution in [0.3, 0.4) is 0 Å². The van der Waals surface area contributed by atoms with Crippen molar-refractivity contribution in [3.8, 4) is 11.5 Å². The Bertz CT molecular complexity index is 339. The summed E-state index contributed by atoms with van der Waals surface area (Å²) in [6, 6.07) is 7.12. The Labute approximate surface area is 88.3 Å². The zero-order chi connectivity index (χ0) is 11.1. The lowest BCUT2D eigenvalue weighted by atomic mass is 10.3. The van der Waals surface area contributed by atoms with Crippen LogP contribution in [0.4, 0.5) is 4.39 Å². The van der Waals surface area contributed by atoms with Gasteiger partial charge in [-0.15, -0.1) is 0 Å². The molecule has 0 aliphatic carbocycles. The minimum atomic E-state index is -0.377. The van der Waals surface area contributed by atoms with Crippen LogP contribution in [0.15, 0.2) is 36.2 Å². The van der Waals surface area contributed by atoms with Crippen molar-refractivity contribution in [1.29, 1.82) is 0 Å². The summed E-state index contributed by atoms with van der Waals surface area (Å²) in [5.74, 6) is 0.962. The molecule has 1 aromatic carbocycles. The lowest BCUT2D eigenvalue weighted by molar-refractivity contribution is 0.353. The Morgan fingerprint density at radius 2 is 2.20 bits per heavy atom. The van der Waals surface area contributed by atoms with Crippen LogP contribution in [0.1, 0.15) is 0 Å². The van der Waals surface area contributed by atoms with Crippen molar-refractivity contribution in [2.45, 2.75) is 0 Å². The van der Waals surface area contributed by atoms with Crippen molar-refractivity contribution in [1.82, 2.24) is 0 Å². The molecule has 0 heterocycles. The summed E-state index contributed by atoms with van der Waals surface area (Å²) in [7, 11) is 1.58. The fraction of sp³-hybridized carbons (Fsp3) is 0.273. The van der Waals surface area contributed by atoms with Gasteiger partial charge in [0.1, 0.15) is 23.9 Å². The largest absolute Gasteiger partial charge is 0.497 e. The van der Waals surface area contributed by atoms with Crippen LogP contribution in [0.5, 0.6) is 11.5 Å². The Morgan fingerprint density at radius 3 is 2.87 bits per heavy atom. The van der Waals surface area contributed by atoms with Crippen LogP contribution >= 0.6 is 0 Å². The molecule has 0 bridgehead atoms. The highest BCUT2D eigenvalue weighted by molar-refractivity contribution is 5.32. The molecule has 1 aromatic rings. The third-order valence-corrected chi connectivity index (χ3v) is 1.79. The third-order valence-electron chi connectivity index (χ3n) is 1.79. The molecule has 0 saturated heterocycles. The summed E-state index contributed by atoms with van der Waals surface area (Å²) in [5, 5.41) is 0. The number of methoxy groups -OCH3 is 1. The zero-order valence-corrected chi connectivity index (χ0v) is 8.57. The summed E-state index contributed by atoms with van der Waals surface area (Å²) >= 11 is 0. The van der Waals surface area contributed by atoms with Crippen LogP contribution in [-0.2, 0) is 0 Å². The van der Waals surface area contributed by atoms with E-state index in [0.717, 1.165) is 0 Å². The molecule has 0 aliphatic heterocycles. The molecule has 0 spiro atoms. The number of rotatable bonds is 5. The lowest BCUT2D eigenvalue weighted by Crippen LogP contribution is -2.01. The van der Waals surface area contributed by atoms with Gasteiger partial charge in [-0.1, -0.05) is 6.07 Å². The van der Waals surface area contributed by atoms with E-state index in [4.69, 9.17) is 15.2 Å². The van der Waals surface area contributed by atoms with Gasteiger partial charge in [-0.3, -0.25) is 0 Å². The van der Waals surface area contributed by atoms with E-state index in [-0.39, 0.29) is 19.0 Å². The van der Waals surface area contributed by atoms with E-state index in [9.17, 15) is 4.39 Å². The first-order valence-electron chi connectivity index (χ1n) is 4.57. The number of halogens is 1. The SMILES string of the molecule is COc1cccc(OCC=C(F)CN)c1. The average Bonchev–Trinajstić information content (AvgIpc) is 2.29. The van der Waals surface area contributed by atoms with Crippen molar-refractivity contribution < 1.29 is 13.9 Å². The van der Waals surface area contributed by atoms with Crippen molar-refractivity contribution in [3.05, 3.63) is 36.2 Å². The van der Waals surface area contributed by atoms with Gasteiger partial charge in [0, 0.05) is 12.6 Å². The topological polar surface area (TPSA) is 44.5 Å². The summed E-state index contributed by atoms with van der Waals surface area (Å²) in [6.45, 7) is 0.0671. The monoisotopic (exact) mass is 211 g/mol. The second kappa shape index (κ2) is 6.03. The van der Waals surface area contributed by atoms with Crippen LogP contribution in [0, 0.1) is 0 Å². The van der Waals surface area contributed by atoms with Gasteiger partial charge in [0.05, 0.1) is 7.11 Å². The summed E-state index contributed by atoms with van der Waals surface area (Å²) in [4.78, 5) is 0. The maximum absolute atomic E-state index is 12.6. The van der Waals surface area contributed by atoms with Gasteiger partial charge >= 0.3 is 0 Å². The smallest absolute Gasteiger partial charge is 0.123 e. The van der Waals surface area contributed by atoms with Gasteiger partial charge in [-0.05, 0) is 18.2 Å². The lowest BCUT2D eigenvalue weighted by Gasteiger charge is -2.05. The van der Waals surface area contributed by atoms with E-state index in [2.05, 4.69) is 0 Å². The molecule has 0 aliphatic rings. The molecule has 0 aromatic heterocycles. The van der Waals surface area contributed by atoms with E-state index in [0.29, 0.717) is 11.5 Å². The molecule has 0 amide bonds. The number of benzene rings is 1. The number of ether oxygens (including phenoxy) is 2. The molecular formula is C11H14FNO2. The maximum atomic E-state index is 12.6. The molecule has 0 unspecified atom stereocenters. The molecule has 0 radical (unpaired) electrons. The van der Waals surface area contributed by atoms with Crippen LogP contribution < -0.4 is 15.2 Å². The highest BCUT2D eigenvalue weighted by Crippen LogP contribution is 2.18. The second-order valence-electron chi connectivity index (χ2n) is 2.85. The minimum Gasteiger partial charge on any atom is -0.497 e. The predicted octanol–water partition coefficient (Wildman–Crippen LogP) is 1.89. The number of hydrogen-bond acceptors (Lipinski definition) is 3. The quantitative estimate of drug-likeness (QED) is 0.808. The predicted molar refractivity (Wildman–Crippen MR) is 56.7 cm³/mol. The van der Waals surface area contributed by atoms with Gasteiger partial charge in [-0.2, -0.15) is 0 Å². The first-order chi connectivity index (χ1) is 7.26. The molecule has 3 nitrogen and oxygen atoms in total.